The van der Waals surface area contributed by atoms with E-state index in [1.165, 1.54) is 10.8 Å². The van der Waals surface area contributed by atoms with E-state index >= 15 is 0 Å². The van der Waals surface area contributed by atoms with Crippen molar-refractivity contribution in [2.24, 2.45) is 0 Å². The summed E-state index contributed by atoms with van der Waals surface area (Å²) in [5.41, 5.74) is 3.10. The van der Waals surface area contributed by atoms with Crippen LogP contribution in [0.2, 0.25) is 10.0 Å². The van der Waals surface area contributed by atoms with E-state index in [1.807, 2.05) is 31.2 Å². The summed E-state index contributed by atoms with van der Waals surface area (Å²) >= 11 is 15.8. The van der Waals surface area contributed by atoms with E-state index < -0.39 is 0 Å². The fraction of sp³-hybridized carbons (Fsp3) is 0.154. The summed E-state index contributed by atoms with van der Waals surface area (Å²) in [5.74, 6) is 1.35. The van der Waals surface area contributed by atoms with Gasteiger partial charge in [0.15, 0.2) is 11.5 Å². The van der Waals surface area contributed by atoms with E-state index in [9.17, 15) is 0 Å². The summed E-state index contributed by atoms with van der Waals surface area (Å²) < 4.78 is 12.8. The van der Waals surface area contributed by atoms with Crippen molar-refractivity contribution < 1.29 is 9.47 Å². The average molecular weight is 531 g/mol. The Hall–Kier alpha value is -2.40. The second-order valence-electron chi connectivity index (χ2n) is 7.26. The predicted octanol–water partition coefficient (Wildman–Crippen LogP) is 8.50. The molecule has 32 heavy (non-hydrogen) atoms. The summed E-state index contributed by atoms with van der Waals surface area (Å²) in [6, 6.07) is 24.1. The maximum absolute atomic E-state index is 6.12. The Kier molecular flexibility index (Phi) is 7.46. The molecule has 0 aliphatic carbocycles. The molecule has 0 amide bonds. The van der Waals surface area contributed by atoms with Gasteiger partial charge in [-0.3, -0.25) is 0 Å². The summed E-state index contributed by atoms with van der Waals surface area (Å²) in [6.45, 7) is 3.50. The average Bonchev–Trinajstić information content (AvgIpc) is 2.79. The molecule has 0 atom stereocenters. The van der Waals surface area contributed by atoms with E-state index in [4.69, 9.17) is 32.7 Å². The quantitative estimate of drug-likeness (QED) is 0.247. The maximum Gasteiger partial charge on any atom is 0.175 e. The van der Waals surface area contributed by atoms with Crippen LogP contribution in [0.1, 0.15) is 18.1 Å². The van der Waals surface area contributed by atoms with Crippen LogP contribution in [-0.2, 0) is 13.2 Å². The molecule has 0 saturated heterocycles. The molecule has 0 radical (unpaired) electrons. The first-order chi connectivity index (χ1) is 15.5. The smallest absolute Gasteiger partial charge is 0.175 e. The van der Waals surface area contributed by atoms with Crippen LogP contribution in [0.15, 0.2) is 77.3 Å². The minimum absolute atomic E-state index is 0.350. The zero-order valence-electron chi connectivity index (χ0n) is 17.5. The normalized spacial score (nSPS) is 10.9. The summed E-state index contributed by atoms with van der Waals surface area (Å²) in [5, 5.41) is 6.98. The molecule has 0 unspecified atom stereocenters. The Morgan fingerprint density at radius 3 is 2.47 bits per heavy atom. The minimum atomic E-state index is 0.350. The molecule has 0 saturated carbocycles. The Morgan fingerprint density at radius 2 is 1.66 bits per heavy atom. The van der Waals surface area contributed by atoms with Crippen LogP contribution in [-0.4, -0.2) is 6.61 Å². The molecule has 3 nitrogen and oxygen atoms in total. The van der Waals surface area contributed by atoms with E-state index in [0.717, 1.165) is 21.3 Å². The van der Waals surface area contributed by atoms with Crippen molar-refractivity contribution in [3.05, 3.63) is 98.4 Å². The van der Waals surface area contributed by atoms with Crippen molar-refractivity contribution in [1.29, 1.82) is 0 Å². The number of hydrogen-bond acceptors (Lipinski definition) is 3. The number of ether oxygens (including phenoxy) is 2. The largest absolute Gasteiger partial charge is 0.490 e. The van der Waals surface area contributed by atoms with Gasteiger partial charge in [0, 0.05) is 17.6 Å². The monoisotopic (exact) mass is 529 g/mol. The number of hydrogen-bond donors (Lipinski definition) is 1. The molecular formula is C26H22BrCl2NO2. The molecule has 0 spiro atoms. The van der Waals surface area contributed by atoms with Crippen molar-refractivity contribution in [3.8, 4) is 11.5 Å². The van der Waals surface area contributed by atoms with Gasteiger partial charge in [-0.1, -0.05) is 65.7 Å². The highest BCUT2D eigenvalue weighted by atomic mass is 79.9. The van der Waals surface area contributed by atoms with Gasteiger partial charge in [0.1, 0.15) is 6.61 Å². The van der Waals surface area contributed by atoms with Crippen molar-refractivity contribution in [1.82, 2.24) is 0 Å². The summed E-state index contributed by atoms with van der Waals surface area (Å²) in [6.07, 6.45) is 0. The van der Waals surface area contributed by atoms with Crippen LogP contribution < -0.4 is 14.8 Å². The van der Waals surface area contributed by atoms with Gasteiger partial charge in [-0.05, 0) is 69.7 Å². The third kappa shape index (κ3) is 5.32. The van der Waals surface area contributed by atoms with Crippen LogP contribution in [0.25, 0.3) is 10.8 Å². The molecular weight excluding hydrogens is 509 g/mol. The number of benzene rings is 4. The van der Waals surface area contributed by atoms with E-state index in [-0.39, 0.29) is 0 Å². The number of fused-ring (bicyclic) bond motifs is 1. The van der Waals surface area contributed by atoms with Crippen LogP contribution >= 0.6 is 39.1 Å². The number of halogens is 3. The molecule has 1 N–H and O–H groups in total. The minimum Gasteiger partial charge on any atom is -0.490 e. The topological polar surface area (TPSA) is 30.5 Å². The molecule has 4 aromatic carbocycles. The molecule has 4 rings (SSSR count). The van der Waals surface area contributed by atoms with E-state index in [2.05, 4.69) is 57.6 Å². The van der Waals surface area contributed by atoms with Gasteiger partial charge in [0.05, 0.1) is 21.1 Å². The summed E-state index contributed by atoms with van der Waals surface area (Å²) in [4.78, 5) is 0. The van der Waals surface area contributed by atoms with Gasteiger partial charge in [-0.2, -0.15) is 0 Å². The van der Waals surface area contributed by atoms with Gasteiger partial charge in [-0.25, -0.2) is 0 Å². The number of nitrogens with one attached hydrogen (secondary N) is 1. The lowest BCUT2D eigenvalue weighted by atomic mass is 10.1. The summed E-state index contributed by atoms with van der Waals surface area (Å²) in [7, 11) is 0. The molecule has 0 aromatic heterocycles. The van der Waals surface area contributed by atoms with Gasteiger partial charge in [0.2, 0.25) is 0 Å². The van der Waals surface area contributed by atoms with Gasteiger partial charge >= 0.3 is 0 Å². The van der Waals surface area contributed by atoms with Crippen LogP contribution in [0.4, 0.5) is 5.69 Å². The molecule has 4 aromatic rings. The zero-order chi connectivity index (χ0) is 22.5. The highest BCUT2D eigenvalue weighted by Gasteiger charge is 2.13. The Balaban J connectivity index is 1.53. The Morgan fingerprint density at radius 1 is 0.844 bits per heavy atom. The lowest BCUT2D eigenvalue weighted by Gasteiger charge is -2.17. The van der Waals surface area contributed by atoms with Crippen molar-refractivity contribution in [2.75, 3.05) is 11.9 Å². The van der Waals surface area contributed by atoms with Gasteiger partial charge in [-0.15, -0.1) is 0 Å². The molecule has 164 valence electrons. The Bertz CT molecular complexity index is 1240. The molecule has 0 fully saturated rings. The fourth-order valence-electron chi connectivity index (χ4n) is 3.49. The van der Waals surface area contributed by atoms with E-state index in [0.29, 0.717) is 41.3 Å². The van der Waals surface area contributed by atoms with Crippen molar-refractivity contribution in [2.45, 2.75) is 20.1 Å². The van der Waals surface area contributed by atoms with Crippen LogP contribution in [0, 0.1) is 0 Å². The molecule has 6 heteroatoms. The maximum atomic E-state index is 6.12. The number of anilines is 1. The first-order valence-electron chi connectivity index (χ1n) is 10.3. The zero-order valence-corrected chi connectivity index (χ0v) is 20.6. The van der Waals surface area contributed by atoms with Crippen molar-refractivity contribution >= 4 is 55.6 Å². The van der Waals surface area contributed by atoms with Crippen LogP contribution in [0.5, 0.6) is 11.5 Å². The second kappa shape index (κ2) is 10.5. The van der Waals surface area contributed by atoms with Gasteiger partial charge < -0.3 is 14.8 Å². The third-order valence-corrected chi connectivity index (χ3v) is 6.34. The highest BCUT2D eigenvalue weighted by Crippen LogP contribution is 2.38. The van der Waals surface area contributed by atoms with Crippen molar-refractivity contribution in [3.63, 3.8) is 0 Å². The number of rotatable bonds is 8. The first-order valence-corrected chi connectivity index (χ1v) is 11.8. The Labute approximate surface area is 206 Å². The van der Waals surface area contributed by atoms with E-state index in [1.54, 1.807) is 12.1 Å². The molecule has 0 heterocycles. The third-order valence-electron chi connectivity index (χ3n) is 5.01. The second-order valence-corrected chi connectivity index (χ2v) is 8.92. The molecule has 0 aliphatic rings. The van der Waals surface area contributed by atoms with Crippen LogP contribution in [0.3, 0.4) is 0 Å². The van der Waals surface area contributed by atoms with Gasteiger partial charge in [0.25, 0.3) is 0 Å². The fourth-order valence-corrected chi connectivity index (χ4v) is 4.41. The molecule has 0 aliphatic heterocycles. The standard InChI is InChI=1S/C26H22BrCl2NO2/c1-2-31-25-14-18(15-30-24-9-5-7-19-6-3-4-8-20(19)24)12-21(27)26(25)32-16-17-10-11-22(28)23(29)13-17/h3-14,30H,2,15-16H2,1H3. The molecule has 0 bridgehead atoms. The first kappa shape index (κ1) is 22.8. The lowest BCUT2D eigenvalue weighted by molar-refractivity contribution is 0.267. The lowest BCUT2D eigenvalue weighted by Crippen LogP contribution is -2.04. The predicted molar refractivity (Wildman–Crippen MR) is 137 cm³/mol. The SMILES string of the molecule is CCOc1cc(CNc2cccc3ccccc23)cc(Br)c1OCc1ccc(Cl)c(Cl)c1. The highest BCUT2D eigenvalue weighted by molar-refractivity contribution is 9.10.